The summed E-state index contributed by atoms with van der Waals surface area (Å²) >= 11 is 6.15. The number of ether oxygens (including phenoxy) is 2. The molecule has 2 atom stereocenters. The summed E-state index contributed by atoms with van der Waals surface area (Å²) in [5.41, 5.74) is 0.872. The molecule has 1 aliphatic heterocycles. The Hall–Kier alpha value is -1.67. The average Bonchev–Trinajstić information content (AvgIpc) is 2.55. The smallest absolute Gasteiger partial charge is 0.252 e. The van der Waals surface area contributed by atoms with Crippen LogP contribution >= 0.6 is 11.6 Å². The molecule has 1 heterocycles. The van der Waals surface area contributed by atoms with Crippen molar-refractivity contribution in [1.82, 2.24) is 10.6 Å². The summed E-state index contributed by atoms with van der Waals surface area (Å²) < 4.78 is 10.3. The number of benzene rings is 1. The molecule has 1 aromatic rings. The Morgan fingerprint density at radius 2 is 2.25 bits per heavy atom. The van der Waals surface area contributed by atoms with Gasteiger partial charge in [0.1, 0.15) is 6.04 Å². The van der Waals surface area contributed by atoms with E-state index < -0.39 is 6.04 Å². The fraction of sp³-hybridized carbons (Fsp3) is 0.500. The van der Waals surface area contributed by atoms with E-state index in [0.717, 1.165) is 0 Å². The number of halogens is 1. The van der Waals surface area contributed by atoms with E-state index in [1.165, 1.54) is 0 Å². The number of morpholine rings is 1. The zero-order chi connectivity index (χ0) is 17.5. The van der Waals surface area contributed by atoms with Crippen LogP contribution in [0.25, 0.3) is 0 Å². The summed E-state index contributed by atoms with van der Waals surface area (Å²) in [5.74, 6) is -0.485. The molecular formula is C16H22ClN3O4. The number of carbonyl (C=O) groups excluding carboxylic acids is 2. The number of amides is 2. The van der Waals surface area contributed by atoms with Crippen LogP contribution in [0.15, 0.2) is 18.2 Å². The molecule has 1 saturated heterocycles. The second-order valence-electron chi connectivity index (χ2n) is 5.44. The molecule has 8 heteroatoms. The van der Waals surface area contributed by atoms with E-state index in [9.17, 15) is 9.59 Å². The van der Waals surface area contributed by atoms with Crippen LogP contribution in [-0.2, 0) is 14.3 Å². The van der Waals surface area contributed by atoms with Crippen LogP contribution in [0.5, 0.6) is 0 Å². The first-order valence-electron chi connectivity index (χ1n) is 7.75. The van der Waals surface area contributed by atoms with E-state index >= 15 is 0 Å². The van der Waals surface area contributed by atoms with E-state index in [0.29, 0.717) is 37.6 Å². The summed E-state index contributed by atoms with van der Waals surface area (Å²) in [7, 11) is 1.56. The van der Waals surface area contributed by atoms with Gasteiger partial charge in [-0.15, -0.1) is 0 Å². The van der Waals surface area contributed by atoms with Crippen LogP contribution < -0.4 is 16.0 Å². The molecule has 7 nitrogen and oxygen atoms in total. The zero-order valence-corrected chi connectivity index (χ0v) is 14.5. The summed E-state index contributed by atoms with van der Waals surface area (Å²) in [6.07, 6.45) is -0.208. The first-order valence-corrected chi connectivity index (χ1v) is 8.13. The molecule has 1 aromatic carbocycles. The van der Waals surface area contributed by atoms with Gasteiger partial charge in [0, 0.05) is 25.9 Å². The predicted octanol–water partition coefficient (Wildman–Crippen LogP) is 1.03. The van der Waals surface area contributed by atoms with Gasteiger partial charge in [-0.3, -0.25) is 9.59 Å². The molecule has 2 rings (SSSR count). The molecule has 2 amide bonds. The molecular weight excluding hydrogens is 334 g/mol. The Morgan fingerprint density at radius 3 is 2.92 bits per heavy atom. The van der Waals surface area contributed by atoms with Crippen molar-refractivity contribution in [3.8, 4) is 0 Å². The molecule has 24 heavy (non-hydrogen) atoms. The molecule has 0 aromatic heterocycles. The summed E-state index contributed by atoms with van der Waals surface area (Å²) in [6.45, 7) is 3.88. The maximum absolute atomic E-state index is 12.3. The highest BCUT2D eigenvalue weighted by molar-refractivity contribution is 6.34. The van der Waals surface area contributed by atoms with Gasteiger partial charge < -0.3 is 25.4 Å². The highest BCUT2D eigenvalue weighted by Gasteiger charge is 2.28. The van der Waals surface area contributed by atoms with Crippen molar-refractivity contribution < 1.29 is 19.1 Å². The number of methoxy groups -OCH3 is 1. The van der Waals surface area contributed by atoms with E-state index in [4.69, 9.17) is 21.1 Å². The Morgan fingerprint density at radius 1 is 1.46 bits per heavy atom. The second-order valence-corrected chi connectivity index (χ2v) is 5.85. The number of hydrogen-bond acceptors (Lipinski definition) is 5. The lowest BCUT2D eigenvalue weighted by atomic mass is 10.1. The fourth-order valence-corrected chi connectivity index (χ4v) is 2.65. The molecule has 0 bridgehead atoms. The van der Waals surface area contributed by atoms with Crippen molar-refractivity contribution in [3.63, 3.8) is 0 Å². The maximum Gasteiger partial charge on any atom is 0.252 e. The van der Waals surface area contributed by atoms with E-state index in [1.807, 2.05) is 6.92 Å². The monoisotopic (exact) mass is 355 g/mol. The Bertz CT molecular complexity index is 597. The van der Waals surface area contributed by atoms with Gasteiger partial charge in [-0.2, -0.15) is 0 Å². The lowest BCUT2D eigenvalue weighted by Crippen LogP contribution is -2.53. The molecule has 0 spiro atoms. The van der Waals surface area contributed by atoms with Crippen molar-refractivity contribution in [2.75, 3.05) is 38.7 Å². The number of hydrogen-bond donors (Lipinski definition) is 3. The number of anilines is 1. The quantitative estimate of drug-likeness (QED) is 0.663. The van der Waals surface area contributed by atoms with E-state index in [2.05, 4.69) is 16.0 Å². The first-order chi connectivity index (χ1) is 11.5. The number of nitrogens with one attached hydrogen (secondary N) is 3. The van der Waals surface area contributed by atoms with Crippen molar-refractivity contribution in [2.24, 2.45) is 0 Å². The molecule has 132 valence electrons. The predicted molar refractivity (Wildman–Crippen MR) is 91.5 cm³/mol. The van der Waals surface area contributed by atoms with Crippen LogP contribution in [0.3, 0.4) is 0 Å². The van der Waals surface area contributed by atoms with Crippen molar-refractivity contribution in [2.45, 2.75) is 19.1 Å². The van der Waals surface area contributed by atoms with Gasteiger partial charge in [0.2, 0.25) is 5.91 Å². The normalized spacial score (nSPS) is 20.5. The molecule has 3 N–H and O–H groups in total. The topological polar surface area (TPSA) is 88.7 Å². The average molecular weight is 356 g/mol. The Labute approximate surface area is 146 Å². The Kier molecular flexibility index (Phi) is 6.99. The standard InChI is InChI=1S/C16H22ClN3O4/c1-10-14(18-6-8-24-10)16(22)20-11-3-4-12(13(17)9-11)15(21)19-5-7-23-2/h3-4,9-10,14,18H,5-8H2,1-2H3,(H,19,21)(H,20,22)/t10-,14+/m1/s1. The lowest BCUT2D eigenvalue weighted by Gasteiger charge is -2.29. The van der Waals surface area contributed by atoms with Gasteiger partial charge in [-0.05, 0) is 25.1 Å². The van der Waals surface area contributed by atoms with Gasteiger partial charge in [0.15, 0.2) is 0 Å². The fourth-order valence-electron chi connectivity index (χ4n) is 2.39. The SMILES string of the molecule is COCCNC(=O)c1ccc(NC(=O)[C@H]2NCCO[C@@H]2C)cc1Cl. The second kappa shape index (κ2) is 8.98. The third-order valence-electron chi connectivity index (χ3n) is 3.67. The van der Waals surface area contributed by atoms with Gasteiger partial charge in [0.05, 0.1) is 29.9 Å². The van der Waals surface area contributed by atoms with Crippen molar-refractivity contribution in [1.29, 1.82) is 0 Å². The van der Waals surface area contributed by atoms with Crippen LogP contribution in [0.4, 0.5) is 5.69 Å². The third kappa shape index (κ3) is 4.91. The largest absolute Gasteiger partial charge is 0.383 e. The lowest BCUT2D eigenvalue weighted by molar-refractivity contribution is -0.123. The zero-order valence-electron chi connectivity index (χ0n) is 13.7. The van der Waals surface area contributed by atoms with Gasteiger partial charge >= 0.3 is 0 Å². The minimum Gasteiger partial charge on any atom is -0.383 e. The maximum atomic E-state index is 12.3. The third-order valence-corrected chi connectivity index (χ3v) is 3.98. The van der Waals surface area contributed by atoms with Crippen LogP contribution in [0, 0.1) is 0 Å². The van der Waals surface area contributed by atoms with Crippen molar-refractivity contribution >= 4 is 29.1 Å². The van der Waals surface area contributed by atoms with Crippen LogP contribution in [-0.4, -0.2) is 57.4 Å². The van der Waals surface area contributed by atoms with E-state index in [1.54, 1.807) is 25.3 Å². The summed E-state index contributed by atoms with van der Waals surface area (Å²) in [6, 6.07) is 4.35. The minimum absolute atomic E-state index is 0.199. The van der Waals surface area contributed by atoms with Gasteiger partial charge in [-0.25, -0.2) is 0 Å². The number of rotatable bonds is 6. The van der Waals surface area contributed by atoms with Crippen molar-refractivity contribution in [3.05, 3.63) is 28.8 Å². The van der Waals surface area contributed by atoms with Gasteiger partial charge in [-0.1, -0.05) is 11.6 Å². The van der Waals surface area contributed by atoms with Crippen LogP contribution in [0.1, 0.15) is 17.3 Å². The molecule has 0 saturated carbocycles. The molecule has 1 fully saturated rings. The summed E-state index contributed by atoms with van der Waals surface area (Å²) in [4.78, 5) is 24.3. The highest BCUT2D eigenvalue weighted by atomic mass is 35.5. The molecule has 0 unspecified atom stereocenters. The molecule has 1 aliphatic rings. The van der Waals surface area contributed by atoms with Gasteiger partial charge in [0.25, 0.3) is 5.91 Å². The highest BCUT2D eigenvalue weighted by Crippen LogP contribution is 2.21. The first kappa shape index (κ1) is 18.7. The minimum atomic E-state index is -0.422. The molecule has 0 aliphatic carbocycles. The van der Waals surface area contributed by atoms with Crippen LogP contribution in [0.2, 0.25) is 5.02 Å². The van der Waals surface area contributed by atoms with E-state index in [-0.39, 0.29) is 22.9 Å². The summed E-state index contributed by atoms with van der Waals surface area (Å²) in [5, 5.41) is 8.86. The molecule has 0 radical (unpaired) electrons. The Balaban J connectivity index is 1.98. The number of carbonyl (C=O) groups is 2.